The fourth-order valence-corrected chi connectivity index (χ4v) is 4.57. The summed E-state index contributed by atoms with van der Waals surface area (Å²) >= 11 is 0. The molecule has 55 heavy (non-hydrogen) atoms. The largest absolute Gasteiger partial charge is 0.494 e. The topological polar surface area (TPSA) is 159 Å². The van der Waals surface area contributed by atoms with E-state index in [2.05, 4.69) is 13.2 Å². The number of esters is 5. The molecule has 0 atom stereocenters. The molecule has 0 saturated heterocycles. The summed E-state index contributed by atoms with van der Waals surface area (Å²) in [6.07, 6.45) is 4.84. The van der Waals surface area contributed by atoms with E-state index in [0.717, 1.165) is 12.2 Å². The molecule has 4 rings (SSSR count). The lowest BCUT2D eigenvalue weighted by Crippen LogP contribution is -2.11. The predicted molar refractivity (Wildman–Crippen MR) is 199 cm³/mol. The number of carbonyl (C=O) groups is 5. The number of hydrogen-bond acceptors (Lipinski definition) is 13. The second-order valence-corrected chi connectivity index (χ2v) is 11.4. The van der Waals surface area contributed by atoms with Gasteiger partial charge in [0, 0.05) is 12.2 Å². The zero-order chi connectivity index (χ0) is 39.4. The zero-order valence-electron chi connectivity index (χ0n) is 30.2. The van der Waals surface area contributed by atoms with E-state index in [1.54, 1.807) is 48.5 Å². The Balaban J connectivity index is 1.21. The standard InChI is InChI=1S/C42H40O13/c1-4-38(43)51-26-8-6-24-49-32-15-10-29(11-16-32)40(45)53-34-19-21-35(22-20-34)54-42(47)31-14-23-36(37(28-31)48-3)55-41(46)30-12-17-33(18-13-30)50-25-7-9-27-52-39(44)5-2/h4-5,10-23,28H,1-2,6-9,24-27H2,3H3. The van der Waals surface area contributed by atoms with Gasteiger partial charge in [-0.25, -0.2) is 24.0 Å². The minimum atomic E-state index is -0.701. The van der Waals surface area contributed by atoms with E-state index in [1.165, 1.54) is 49.6 Å². The second kappa shape index (κ2) is 21.6. The fourth-order valence-electron chi connectivity index (χ4n) is 4.57. The third-order valence-corrected chi connectivity index (χ3v) is 7.46. The Hall–Kier alpha value is -6.89. The molecule has 0 N–H and O–H groups in total. The summed E-state index contributed by atoms with van der Waals surface area (Å²) in [5, 5.41) is 0. The maximum atomic E-state index is 12.9. The lowest BCUT2D eigenvalue weighted by atomic mass is 10.2. The molecule has 0 radical (unpaired) electrons. The Bertz CT molecular complexity index is 1930. The summed E-state index contributed by atoms with van der Waals surface area (Å²) in [6.45, 7) is 8.06. The van der Waals surface area contributed by atoms with Crippen LogP contribution in [0.15, 0.2) is 116 Å². The van der Waals surface area contributed by atoms with Crippen molar-refractivity contribution in [2.75, 3.05) is 33.5 Å². The number of carbonyl (C=O) groups excluding carboxylic acids is 5. The van der Waals surface area contributed by atoms with Crippen LogP contribution in [0.2, 0.25) is 0 Å². The van der Waals surface area contributed by atoms with Crippen LogP contribution in [0.25, 0.3) is 0 Å². The van der Waals surface area contributed by atoms with Gasteiger partial charge >= 0.3 is 29.8 Å². The van der Waals surface area contributed by atoms with E-state index >= 15 is 0 Å². The SMILES string of the molecule is C=CC(=O)OCCCCOc1ccc(C(=O)Oc2ccc(OC(=O)c3ccc(OC(=O)c4ccc(OCCCCOC(=O)C=C)cc4)c(OC)c3)cc2)cc1. The number of benzene rings is 4. The second-order valence-electron chi connectivity index (χ2n) is 11.4. The minimum Gasteiger partial charge on any atom is -0.494 e. The third kappa shape index (κ3) is 13.6. The first-order chi connectivity index (χ1) is 26.7. The molecular formula is C42H40O13. The summed E-state index contributed by atoms with van der Waals surface area (Å²) in [7, 11) is 1.37. The molecule has 0 aromatic heterocycles. The van der Waals surface area contributed by atoms with E-state index in [-0.39, 0.29) is 47.3 Å². The van der Waals surface area contributed by atoms with Gasteiger partial charge in [-0.2, -0.15) is 0 Å². The van der Waals surface area contributed by atoms with Gasteiger partial charge in [0.15, 0.2) is 11.5 Å². The summed E-state index contributed by atoms with van der Waals surface area (Å²) in [4.78, 5) is 60.5. The first kappa shape index (κ1) is 40.9. The average molecular weight is 753 g/mol. The quantitative estimate of drug-likeness (QED) is 0.0367. The lowest BCUT2D eigenvalue weighted by Gasteiger charge is -2.12. The highest BCUT2D eigenvalue weighted by molar-refractivity contribution is 5.94. The Morgan fingerprint density at radius 3 is 1.29 bits per heavy atom. The van der Waals surface area contributed by atoms with Gasteiger partial charge in [0.25, 0.3) is 0 Å². The van der Waals surface area contributed by atoms with Gasteiger partial charge < -0.3 is 37.9 Å². The zero-order valence-corrected chi connectivity index (χ0v) is 30.2. The van der Waals surface area contributed by atoms with Crippen molar-refractivity contribution in [3.8, 4) is 34.5 Å². The fraction of sp³-hybridized carbons (Fsp3) is 0.214. The van der Waals surface area contributed by atoms with Crippen LogP contribution in [-0.2, 0) is 19.1 Å². The normalized spacial score (nSPS) is 10.3. The van der Waals surface area contributed by atoms with E-state index in [0.29, 0.717) is 56.0 Å². The van der Waals surface area contributed by atoms with Gasteiger partial charge in [-0.1, -0.05) is 13.2 Å². The van der Waals surface area contributed by atoms with E-state index in [1.807, 2.05) is 0 Å². The Labute approximate surface area is 318 Å². The van der Waals surface area contributed by atoms with Crippen LogP contribution >= 0.6 is 0 Å². The van der Waals surface area contributed by atoms with Crippen LogP contribution < -0.4 is 28.4 Å². The highest BCUT2D eigenvalue weighted by atomic mass is 16.6. The van der Waals surface area contributed by atoms with Crippen LogP contribution in [0.5, 0.6) is 34.5 Å². The smallest absolute Gasteiger partial charge is 0.343 e. The Morgan fingerprint density at radius 1 is 0.473 bits per heavy atom. The van der Waals surface area contributed by atoms with Crippen molar-refractivity contribution in [2.24, 2.45) is 0 Å². The van der Waals surface area contributed by atoms with Gasteiger partial charge in [0.1, 0.15) is 23.0 Å². The molecule has 0 aliphatic heterocycles. The van der Waals surface area contributed by atoms with Crippen molar-refractivity contribution in [1.82, 2.24) is 0 Å². The number of unbranched alkanes of at least 4 members (excludes halogenated alkanes) is 2. The van der Waals surface area contributed by atoms with Gasteiger partial charge in [-0.05, 0) is 117 Å². The maximum Gasteiger partial charge on any atom is 0.343 e. The van der Waals surface area contributed by atoms with Crippen LogP contribution in [-0.4, -0.2) is 63.4 Å². The molecule has 0 spiro atoms. The molecule has 286 valence electrons. The molecule has 0 aliphatic carbocycles. The van der Waals surface area contributed by atoms with E-state index < -0.39 is 29.8 Å². The molecule has 0 fully saturated rings. The van der Waals surface area contributed by atoms with Crippen LogP contribution in [0.4, 0.5) is 0 Å². The molecule has 13 nitrogen and oxygen atoms in total. The predicted octanol–water partition coefficient (Wildman–Crippen LogP) is 7.13. The Kier molecular flexibility index (Phi) is 16.0. The van der Waals surface area contributed by atoms with Crippen molar-refractivity contribution in [3.05, 3.63) is 133 Å². The highest BCUT2D eigenvalue weighted by Crippen LogP contribution is 2.30. The van der Waals surface area contributed by atoms with Gasteiger partial charge in [-0.3, -0.25) is 0 Å². The highest BCUT2D eigenvalue weighted by Gasteiger charge is 2.17. The summed E-state index contributed by atoms with van der Waals surface area (Å²) in [5.41, 5.74) is 0.704. The summed E-state index contributed by atoms with van der Waals surface area (Å²) in [5.74, 6) is -1.09. The van der Waals surface area contributed by atoms with Crippen molar-refractivity contribution in [3.63, 3.8) is 0 Å². The minimum absolute atomic E-state index is 0.0931. The molecule has 0 bridgehead atoms. The molecule has 4 aromatic rings. The number of ether oxygens (including phenoxy) is 8. The average Bonchev–Trinajstić information content (AvgIpc) is 3.21. The van der Waals surface area contributed by atoms with Crippen molar-refractivity contribution >= 4 is 29.8 Å². The first-order valence-electron chi connectivity index (χ1n) is 17.2. The molecule has 0 saturated carbocycles. The van der Waals surface area contributed by atoms with Crippen LogP contribution in [0.1, 0.15) is 56.8 Å². The van der Waals surface area contributed by atoms with Crippen molar-refractivity contribution in [1.29, 1.82) is 0 Å². The number of methoxy groups -OCH3 is 1. The molecular weight excluding hydrogens is 712 g/mol. The number of hydrogen-bond donors (Lipinski definition) is 0. The molecule has 4 aromatic carbocycles. The monoisotopic (exact) mass is 752 g/mol. The summed E-state index contributed by atoms with van der Waals surface area (Å²) in [6, 6.07) is 23.0. The van der Waals surface area contributed by atoms with Gasteiger partial charge in [0.2, 0.25) is 0 Å². The van der Waals surface area contributed by atoms with E-state index in [9.17, 15) is 24.0 Å². The molecule has 0 amide bonds. The van der Waals surface area contributed by atoms with Gasteiger partial charge in [0.05, 0.1) is 50.2 Å². The van der Waals surface area contributed by atoms with E-state index in [4.69, 9.17) is 37.9 Å². The van der Waals surface area contributed by atoms with Crippen molar-refractivity contribution < 1.29 is 61.9 Å². The molecule has 0 heterocycles. The molecule has 0 unspecified atom stereocenters. The summed E-state index contributed by atoms with van der Waals surface area (Å²) < 4.78 is 42.9. The molecule has 0 aliphatic rings. The van der Waals surface area contributed by atoms with Crippen LogP contribution in [0.3, 0.4) is 0 Å². The molecule has 13 heteroatoms. The number of rotatable bonds is 21. The Morgan fingerprint density at radius 2 is 0.855 bits per heavy atom. The van der Waals surface area contributed by atoms with Crippen LogP contribution in [0, 0.1) is 0 Å². The van der Waals surface area contributed by atoms with Crippen molar-refractivity contribution in [2.45, 2.75) is 25.7 Å². The first-order valence-corrected chi connectivity index (χ1v) is 17.2. The third-order valence-electron chi connectivity index (χ3n) is 7.46. The lowest BCUT2D eigenvalue weighted by molar-refractivity contribution is -0.138. The maximum absolute atomic E-state index is 12.9. The van der Waals surface area contributed by atoms with Gasteiger partial charge in [-0.15, -0.1) is 0 Å².